The Morgan fingerprint density at radius 2 is 2.10 bits per heavy atom. The summed E-state index contributed by atoms with van der Waals surface area (Å²) in [7, 11) is 0. The monoisotopic (exact) mass is 220 g/mol. The second-order valence-electron chi connectivity index (χ2n) is 2.05. The van der Waals surface area contributed by atoms with Crippen LogP contribution < -0.4 is 0 Å². The summed E-state index contributed by atoms with van der Waals surface area (Å²) in [6.45, 7) is 1.82. The fraction of sp³-hybridized carbons (Fsp3) is 0.143. The third-order valence-electron chi connectivity index (χ3n) is 1.24. The van der Waals surface area contributed by atoms with E-state index in [1.54, 1.807) is 6.07 Å². The number of phenolic OH excluding ortho intramolecular Hbond substituents is 1. The molecule has 1 aromatic rings. The summed E-state index contributed by atoms with van der Waals surface area (Å²) >= 11 is 8.92. The van der Waals surface area contributed by atoms with Gasteiger partial charge in [0.25, 0.3) is 0 Å². The lowest BCUT2D eigenvalue weighted by atomic mass is 10.2. The lowest BCUT2D eigenvalue weighted by Gasteiger charge is -1.99. The van der Waals surface area contributed by atoms with Crippen LogP contribution in [0.2, 0.25) is 5.02 Å². The summed E-state index contributed by atoms with van der Waals surface area (Å²) in [5.41, 5.74) is 0.816. The molecule has 54 valence electrons. The summed E-state index contributed by atoms with van der Waals surface area (Å²) < 4.78 is 0.810. The SMILES string of the molecule is Cc1cc(Br)c(Cl)cc1O. The van der Waals surface area contributed by atoms with Gasteiger partial charge >= 0.3 is 0 Å². The molecule has 0 saturated heterocycles. The lowest BCUT2D eigenvalue weighted by molar-refractivity contribution is 0.471. The molecule has 0 spiro atoms. The van der Waals surface area contributed by atoms with E-state index in [-0.39, 0.29) is 5.75 Å². The van der Waals surface area contributed by atoms with Crippen molar-refractivity contribution in [2.45, 2.75) is 6.92 Å². The molecule has 0 atom stereocenters. The molecule has 1 rings (SSSR count). The van der Waals surface area contributed by atoms with Gasteiger partial charge in [0.05, 0.1) is 5.02 Å². The predicted octanol–water partition coefficient (Wildman–Crippen LogP) is 3.12. The largest absolute Gasteiger partial charge is 0.508 e. The van der Waals surface area contributed by atoms with Crippen LogP contribution in [0.25, 0.3) is 0 Å². The first-order chi connectivity index (χ1) is 4.61. The Balaban J connectivity index is 3.28. The average molecular weight is 221 g/mol. The highest BCUT2D eigenvalue weighted by molar-refractivity contribution is 9.10. The van der Waals surface area contributed by atoms with Gasteiger partial charge in [0.15, 0.2) is 0 Å². The summed E-state index contributed by atoms with van der Waals surface area (Å²) in [5, 5.41) is 9.65. The molecular formula is C7H6BrClO. The van der Waals surface area contributed by atoms with Crippen molar-refractivity contribution >= 4 is 27.5 Å². The van der Waals surface area contributed by atoms with E-state index >= 15 is 0 Å². The van der Waals surface area contributed by atoms with Gasteiger partial charge in [-0.2, -0.15) is 0 Å². The van der Waals surface area contributed by atoms with Crippen LogP contribution in [0, 0.1) is 6.92 Å². The molecule has 1 N–H and O–H groups in total. The molecule has 0 unspecified atom stereocenters. The van der Waals surface area contributed by atoms with Gasteiger partial charge in [0, 0.05) is 4.47 Å². The first kappa shape index (κ1) is 7.89. The van der Waals surface area contributed by atoms with Crippen molar-refractivity contribution in [2.75, 3.05) is 0 Å². The minimum atomic E-state index is 0.230. The third-order valence-corrected chi connectivity index (χ3v) is 2.44. The summed E-state index contributed by atoms with van der Waals surface area (Å²) in [6.07, 6.45) is 0. The molecule has 0 aliphatic rings. The zero-order valence-corrected chi connectivity index (χ0v) is 7.70. The number of halogens is 2. The van der Waals surface area contributed by atoms with E-state index in [9.17, 15) is 0 Å². The minimum absolute atomic E-state index is 0.230. The number of hydrogen-bond acceptors (Lipinski definition) is 1. The van der Waals surface area contributed by atoms with Crippen molar-refractivity contribution in [3.63, 3.8) is 0 Å². The van der Waals surface area contributed by atoms with E-state index in [2.05, 4.69) is 15.9 Å². The first-order valence-electron chi connectivity index (χ1n) is 2.76. The standard InChI is InChI=1S/C7H6BrClO/c1-4-2-5(8)6(9)3-7(4)10/h2-3,10H,1H3. The topological polar surface area (TPSA) is 20.2 Å². The van der Waals surface area contributed by atoms with E-state index in [1.165, 1.54) is 6.07 Å². The zero-order valence-electron chi connectivity index (χ0n) is 5.36. The minimum Gasteiger partial charge on any atom is -0.508 e. The number of benzene rings is 1. The Morgan fingerprint density at radius 3 is 2.60 bits per heavy atom. The molecule has 0 amide bonds. The van der Waals surface area contributed by atoms with E-state index in [1.807, 2.05) is 6.92 Å². The number of rotatable bonds is 0. The molecule has 1 nitrogen and oxygen atoms in total. The molecule has 0 aromatic heterocycles. The van der Waals surface area contributed by atoms with E-state index in [0.717, 1.165) is 10.0 Å². The fourth-order valence-electron chi connectivity index (χ4n) is 0.636. The molecule has 10 heavy (non-hydrogen) atoms. The molecule has 0 bridgehead atoms. The zero-order chi connectivity index (χ0) is 7.72. The second-order valence-corrected chi connectivity index (χ2v) is 3.31. The molecule has 1 aromatic carbocycles. The predicted molar refractivity (Wildman–Crippen MR) is 45.6 cm³/mol. The molecular weight excluding hydrogens is 215 g/mol. The highest BCUT2D eigenvalue weighted by atomic mass is 79.9. The second kappa shape index (κ2) is 2.81. The summed E-state index contributed by atoms with van der Waals surface area (Å²) in [5.74, 6) is 0.230. The molecule has 0 radical (unpaired) electrons. The number of aryl methyl sites for hydroxylation is 1. The van der Waals surface area contributed by atoms with Crippen molar-refractivity contribution in [3.8, 4) is 5.75 Å². The Bertz CT molecular complexity index is 210. The Labute approximate surface area is 72.8 Å². The van der Waals surface area contributed by atoms with Gasteiger partial charge in [-0.15, -0.1) is 0 Å². The van der Waals surface area contributed by atoms with Crippen molar-refractivity contribution in [1.29, 1.82) is 0 Å². The molecule has 0 heterocycles. The van der Waals surface area contributed by atoms with Crippen LogP contribution in [0.4, 0.5) is 0 Å². The van der Waals surface area contributed by atoms with Crippen molar-refractivity contribution in [3.05, 3.63) is 27.2 Å². The highest BCUT2D eigenvalue weighted by Gasteiger charge is 2.00. The maximum absolute atomic E-state index is 9.12. The van der Waals surface area contributed by atoms with Crippen LogP contribution in [-0.4, -0.2) is 5.11 Å². The van der Waals surface area contributed by atoms with Gasteiger partial charge in [-0.05, 0) is 40.5 Å². The summed E-state index contributed by atoms with van der Waals surface area (Å²) in [6, 6.07) is 3.29. The molecule has 0 saturated carbocycles. The van der Waals surface area contributed by atoms with Crippen molar-refractivity contribution in [2.24, 2.45) is 0 Å². The van der Waals surface area contributed by atoms with Crippen LogP contribution in [0.15, 0.2) is 16.6 Å². The van der Waals surface area contributed by atoms with Crippen LogP contribution in [0.3, 0.4) is 0 Å². The third kappa shape index (κ3) is 1.44. The number of phenols is 1. The van der Waals surface area contributed by atoms with E-state index in [4.69, 9.17) is 16.7 Å². The molecule has 0 aliphatic heterocycles. The number of hydrogen-bond donors (Lipinski definition) is 1. The van der Waals surface area contributed by atoms with Gasteiger partial charge < -0.3 is 5.11 Å². The van der Waals surface area contributed by atoms with Crippen LogP contribution in [0.5, 0.6) is 5.75 Å². The van der Waals surface area contributed by atoms with Crippen LogP contribution in [0.1, 0.15) is 5.56 Å². The van der Waals surface area contributed by atoms with Gasteiger partial charge in [-0.25, -0.2) is 0 Å². The average Bonchev–Trinajstić information content (AvgIpc) is 1.84. The van der Waals surface area contributed by atoms with E-state index in [0.29, 0.717) is 5.02 Å². The normalized spacial score (nSPS) is 9.90. The van der Waals surface area contributed by atoms with E-state index < -0.39 is 0 Å². The quantitative estimate of drug-likeness (QED) is 0.714. The van der Waals surface area contributed by atoms with Gasteiger partial charge in [-0.3, -0.25) is 0 Å². The van der Waals surface area contributed by atoms with Gasteiger partial charge in [0.1, 0.15) is 5.75 Å². The van der Waals surface area contributed by atoms with Crippen molar-refractivity contribution in [1.82, 2.24) is 0 Å². The maximum atomic E-state index is 9.12. The highest BCUT2D eigenvalue weighted by Crippen LogP contribution is 2.29. The Hall–Kier alpha value is -0.210. The van der Waals surface area contributed by atoms with Gasteiger partial charge in [0.2, 0.25) is 0 Å². The molecule has 0 fully saturated rings. The van der Waals surface area contributed by atoms with Crippen molar-refractivity contribution < 1.29 is 5.11 Å². The first-order valence-corrected chi connectivity index (χ1v) is 3.93. The smallest absolute Gasteiger partial charge is 0.120 e. The van der Waals surface area contributed by atoms with Gasteiger partial charge in [-0.1, -0.05) is 11.6 Å². The van der Waals surface area contributed by atoms with Crippen LogP contribution >= 0.6 is 27.5 Å². The summed E-state index contributed by atoms with van der Waals surface area (Å²) in [4.78, 5) is 0. The van der Waals surface area contributed by atoms with Crippen LogP contribution in [-0.2, 0) is 0 Å². The Morgan fingerprint density at radius 1 is 1.50 bits per heavy atom. The Kier molecular flexibility index (Phi) is 2.21. The lowest BCUT2D eigenvalue weighted by Crippen LogP contribution is -1.75. The number of aromatic hydroxyl groups is 1. The molecule has 0 aliphatic carbocycles. The fourth-order valence-corrected chi connectivity index (χ4v) is 1.25. The molecule has 3 heteroatoms. The maximum Gasteiger partial charge on any atom is 0.120 e.